The first kappa shape index (κ1) is 13.6. The lowest BCUT2D eigenvalue weighted by molar-refractivity contribution is 0.0691. The monoisotopic (exact) mass is 276 g/mol. The molecule has 98 valence electrons. The topological polar surface area (TPSA) is 148 Å². The van der Waals surface area contributed by atoms with Gasteiger partial charge in [0.1, 0.15) is 0 Å². The smallest absolute Gasteiger partial charge is 0.422 e. The Morgan fingerprint density at radius 1 is 1.33 bits per heavy atom. The Morgan fingerprint density at radius 2 is 1.94 bits per heavy atom. The van der Waals surface area contributed by atoms with Crippen molar-refractivity contribution in [1.29, 1.82) is 0 Å². The number of hydrogen-bond acceptors (Lipinski definition) is 7. The van der Waals surface area contributed by atoms with Crippen LogP contribution >= 0.6 is 0 Å². The Kier molecular flexibility index (Phi) is 3.99. The van der Waals surface area contributed by atoms with E-state index in [1.807, 2.05) is 0 Å². The van der Waals surface area contributed by atoms with Crippen LogP contribution in [0.1, 0.15) is 10.5 Å². The number of nitrogens with one attached hydrogen (secondary N) is 2. The van der Waals surface area contributed by atoms with Crippen molar-refractivity contribution in [2.45, 2.75) is 0 Å². The zero-order chi connectivity index (χ0) is 13.8. The van der Waals surface area contributed by atoms with E-state index in [1.165, 1.54) is 4.72 Å². The van der Waals surface area contributed by atoms with Crippen LogP contribution in [0.5, 0.6) is 0 Å². The number of methoxy groups -OCH3 is 1. The van der Waals surface area contributed by atoms with E-state index in [0.29, 0.717) is 0 Å². The predicted molar refractivity (Wildman–Crippen MR) is 57.1 cm³/mol. The maximum Gasteiger partial charge on any atom is 0.422 e. The highest BCUT2D eigenvalue weighted by atomic mass is 32.2. The minimum Gasteiger partial charge on any atom is -0.476 e. The molecular weight excluding hydrogens is 268 g/mol. The van der Waals surface area contributed by atoms with Crippen molar-refractivity contribution in [2.24, 2.45) is 0 Å². The van der Waals surface area contributed by atoms with Crippen LogP contribution in [0.4, 0.5) is 10.6 Å². The summed E-state index contributed by atoms with van der Waals surface area (Å²) in [5.74, 6) is -2.00. The SMILES string of the molecule is COC(=O)NS(=O)(=O)Nc1nccnc1C(=O)O. The number of nitrogens with zero attached hydrogens (tertiary/aromatic N) is 2. The Morgan fingerprint density at radius 3 is 2.50 bits per heavy atom. The van der Waals surface area contributed by atoms with Gasteiger partial charge < -0.3 is 9.84 Å². The fraction of sp³-hybridized carbons (Fsp3) is 0.143. The quantitative estimate of drug-likeness (QED) is 0.646. The standard InChI is InChI=1S/C7H8N4O6S/c1-17-7(14)11-18(15,16)10-5-4(6(12)13)8-2-3-9-5/h2-3H,1H3,(H,9,10)(H,11,14)(H,12,13). The highest BCUT2D eigenvalue weighted by Gasteiger charge is 2.20. The van der Waals surface area contributed by atoms with Gasteiger partial charge in [0.25, 0.3) is 0 Å². The zero-order valence-corrected chi connectivity index (χ0v) is 9.76. The molecule has 1 heterocycles. The molecule has 0 saturated heterocycles. The van der Waals surface area contributed by atoms with E-state index in [4.69, 9.17) is 5.11 Å². The number of anilines is 1. The number of carboxylic acids is 1. The molecule has 11 heteroatoms. The molecule has 0 radical (unpaired) electrons. The van der Waals surface area contributed by atoms with Gasteiger partial charge in [0, 0.05) is 12.4 Å². The summed E-state index contributed by atoms with van der Waals surface area (Å²) in [6, 6.07) is 0. The van der Waals surface area contributed by atoms with Crippen LogP contribution in [0.3, 0.4) is 0 Å². The van der Waals surface area contributed by atoms with E-state index in [1.54, 1.807) is 4.72 Å². The molecule has 0 fully saturated rings. The molecule has 0 aromatic carbocycles. The van der Waals surface area contributed by atoms with Gasteiger partial charge in [0.05, 0.1) is 7.11 Å². The fourth-order valence-electron chi connectivity index (χ4n) is 0.873. The maximum atomic E-state index is 11.4. The van der Waals surface area contributed by atoms with E-state index in [0.717, 1.165) is 19.5 Å². The van der Waals surface area contributed by atoms with Gasteiger partial charge in [-0.25, -0.2) is 29.0 Å². The van der Waals surface area contributed by atoms with Gasteiger partial charge in [-0.3, -0.25) is 0 Å². The highest BCUT2D eigenvalue weighted by Crippen LogP contribution is 2.09. The number of hydrogen-bond donors (Lipinski definition) is 3. The second kappa shape index (κ2) is 5.27. The van der Waals surface area contributed by atoms with E-state index < -0.39 is 33.8 Å². The number of rotatable bonds is 4. The minimum absolute atomic E-state index is 0.526. The number of amides is 1. The average molecular weight is 276 g/mol. The summed E-state index contributed by atoms with van der Waals surface area (Å²) in [5, 5.41) is 8.74. The van der Waals surface area contributed by atoms with Gasteiger partial charge in [-0.1, -0.05) is 0 Å². The largest absolute Gasteiger partial charge is 0.476 e. The lowest BCUT2D eigenvalue weighted by Gasteiger charge is -2.08. The average Bonchev–Trinajstić information content (AvgIpc) is 2.28. The van der Waals surface area contributed by atoms with Gasteiger partial charge >= 0.3 is 22.3 Å². The molecule has 1 aromatic heterocycles. The second-order valence-electron chi connectivity index (χ2n) is 2.76. The summed E-state index contributed by atoms with van der Waals surface area (Å²) < 4.78 is 30.0. The van der Waals surface area contributed by atoms with Crippen LogP contribution < -0.4 is 9.44 Å². The summed E-state index contributed by atoms with van der Waals surface area (Å²) in [6.45, 7) is 0. The minimum atomic E-state index is -4.34. The van der Waals surface area contributed by atoms with Crippen molar-refractivity contribution in [3.05, 3.63) is 18.1 Å². The first-order chi connectivity index (χ1) is 8.35. The van der Waals surface area contributed by atoms with Gasteiger partial charge in [0.2, 0.25) is 0 Å². The van der Waals surface area contributed by atoms with Gasteiger partial charge in [-0.05, 0) is 0 Å². The summed E-state index contributed by atoms with van der Waals surface area (Å²) in [7, 11) is -3.37. The Labute approximate surface area is 101 Å². The number of ether oxygens (including phenoxy) is 1. The normalized spacial score (nSPS) is 10.5. The Bertz CT molecular complexity index is 571. The van der Waals surface area contributed by atoms with E-state index in [9.17, 15) is 18.0 Å². The molecule has 0 aliphatic carbocycles. The van der Waals surface area contributed by atoms with Crippen molar-refractivity contribution in [2.75, 3.05) is 11.8 Å². The Balaban J connectivity index is 2.98. The molecule has 0 aliphatic heterocycles. The van der Waals surface area contributed by atoms with Crippen molar-refractivity contribution in [3.63, 3.8) is 0 Å². The first-order valence-corrected chi connectivity index (χ1v) is 5.77. The summed E-state index contributed by atoms with van der Waals surface area (Å²) in [6.07, 6.45) is 0.931. The molecule has 0 spiro atoms. The fourth-order valence-corrected chi connectivity index (χ4v) is 1.63. The summed E-state index contributed by atoms with van der Waals surface area (Å²) in [5.41, 5.74) is -0.604. The molecule has 10 nitrogen and oxygen atoms in total. The van der Waals surface area contributed by atoms with Gasteiger partial charge in [0.15, 0.2) is 11.5 Å². The molecule has 0 aliphatic rings. The van der Waals surface area contributed by atoms with Crippen LogP contribution in [0.25, 0.3) is 0 Å². The van der Waals surface area contributed by atoms with Crippen molar-refractivity contribution in [3.8, 4) is 0 Å². The van der Waals surface area contributed by atoms with Crippen LogP contribution in [0.15, 0.2) is 12.4 Å². The van der Waals surface area contributed by atoms with Crippen LogP contribution in [0.2, 0.25) is 0 Å². The Hall–Kier alpha value is -2.43. The van der Waals surface area contributed by atoms with Gasteiger partial charge in [-0.15, -0.1) is 0 Å². The van der Waals surface area contributed by atoms with Crippen molar-refractivity contribution in [1.82, 2.24) is 14.7 Å². The molecule has 0 saturated carbocycles. The molecule has 1 aromatic rings. The third kappa shape index (κ3) is 3.55. The van der Waals surface area contributed by atoms with E-state index in [2.05, 4.69) is 14.7 Å². The molecule has 1 amide bonds. The van der Waals surface area contributed by atoms with E-state index in [-0.39, 0.29) is 0 Å². The van der Waals surface area contributed by atoms with Crippen LogP contribution in [0, 0.1) is 0 Å². The third-order valence-corrected chi connectivity index (χ3v) is 2.43. The van der Waals surface area contributed by atoms with Crippen molar-refractivity contribution >= 4 is 28.1 Å². The van der Waals surface area contributed by atoms with Crippen LogP contribution in [-0.2, 0) is 14.9 Å². The van der Waals surface area contributed by atoms with Gasteiger partial charge in [-0.2, -0.15) is 8.42 Å². The van der Waals surface area contributed by atoms with Crippen molar-refractivity contribution < 1.29 is 27.9 Å². The molecule has 1 rings (SSSR count). The first-order valence-electron chi connectivity index (χ1n) is 4.28. The lowest BCUT2D eigenvalue weighted by Crippen LogP contribution is -2.35. The number of aromatic carboxylic acids is 1. The summed E-state index contributed by atoms with van der Waals surface area (Å²) in [4.78, 5) is 28.4. The highest BCUT2D eigenvalue weighted by molar-refractivity contribution is 7.91. The molecule has 3 N–H and O–H groups in total. The molecular formula is C7H8N4O6S. The molecule has 0 bridgehead atoms. The number of carbonyl (C=O) groups excluding carboxylic acids is 1. The predicted octanol–water partition coefficient (Wildman–Crippen LogP) is -0.812. The van der Waals surface area contributed by atoms with E-state index >= 15 is 0 Å². The molecule has 0 atom stereocenters. The number of carbonyl (C=O) groups is 2. The molecule has 0 unspecified atom stereocenters. The third-order valence-electron chi connectivity index (χ3n) is 1.53. The summed E-state index contributed by atoms with van der Waals surface area (Å²) >= 11 is 0. The second-order valence-corrected chi connectivity index (χ2v) is 4.17. The van der Waals surface area contributed by atoms with Crippen LogP contribution in [-0.4, -0.2) is 42.7 Å². The maximum absolute atomic E-state index is 11.4. The lowest BCUT2D eigenvalue weighted by atomic mass is 10.4. The number of carboxylic acid groups (broad SMARTS) is 1. The molecule has 18 heavy (non-hydrogen) atoms. The zero-order valence-electron chi connectivity index (χ0n) is 8.95. The number of aromatic nitrogens is 2.